The van der Waals surface area contributed by atoms with E-state index >= 15 is 0 Å². The fraction of sp³-hybridized carbons (Fsp3) is 0.400. The van der Waals surface area contributed by atoms with Gasteiger partial charge in [0.25, 0.3) is 0 Å². The molecule has 0 atom stereocenters. The first kappa shape index (κ1) is 24.3. The topological polar surface area (TPSA) is 67.8 Å². The lowest BCUT2D eigenvalue weighted by molar-refractivity contribution is 0.287. The van der Waals surface area contributed by atoms with Gasteiger partial charge in [0.05, 0.1) is 13.2 Å². The highest BCUT2D eigenvalue weighted by molar-refractivity contribution is 14.0. The van der Waals surface area contributed by atoms with Gasteiger partial charge in [-0.15, -0.1) is 24.0 Å². The van der Waals surface area contributed by atoms with E-state index in [9.17, 15) is 0 Å². The first-order valence-electron chi connectivity index (χ1n) is 9.09. The number of benzene rings is 1. The molecule has 0 amide bonds. The Morgan fingerprint density at radius 1 is 1.04 bits per heavy atom. The summed E-state index contributed by atoms with van der Waals surface area (Å²) in [5, 5.41) is 7.06. The maximum Gasteiger partial charge on any atom is 0.191 e. The van der Waals surface area contributed by atoms with Gasteiger partial charge in [-0.05, 0) is 49.6 Å². The van der Waals surface area contributed by atoms with Crippen molar-refractivity contribution in [1.82, 2.24) is 15.6 Å². The van der Waals surface area contributed by atoms with Crippen LogP contribution in [0.3, 0.4) is 0 Å². The normalized spacial score (nSPS) is 10.8. The molecule has 2 rings (SSSR count). The number of hydrogen-bond donors (Lipinski definition) is 2. The van der Waals surface area contributed by atoms with Gasteiger partial charge in [-0.3, -0.25) is 4.99 Å². The maximum atomic E-state index is 5.80. The second-order valence-corrected chi connectivity index (χ2v) is 6.13. The quantitative estimate of drug-likeness (QED) is 0.227. The molecule has 0 aliphatic rings. The van der Waals surface area contributed by atoms with Gasteiger partial charge in [-0.25, -0.2) is 4.98 Å². The molecule has 0 spiro atoms. The van der Waals surface area contributed by atoms with E-state index in [-0.39, 0.29) is 24.0 Å². The number of nitrogens with one attached hydrogen (secondary N) is 2. The van der Waals surface area contributed by atoms with Crippen molar-refractivity contribution >= 4 is 41.5 Å². The third-order valence-electron chi connectivity index (χ3n) is 3.79. The number of ether oxygens (including phenoxy) is 2. The van der Waals surface area contributed by atoms with E-state index in [1.54, 1.807) is 19.3 Å². The zero-order valence-corrected chi connectivity index (χ0v) is 19.6. The second kappa shape index (κ2) is 13.4. The van der Waals surface area contributed by atoms with Gasteiger partial charge in [0.15, 0.2) is 17.5 Å². The predicted molar refractivity (Wildman–Crippen MR) is 125 cm³/mol. The molecule has 8 heteroatoms. The molecule has 28 heavy (non-hydrogen) atoms. The van der Waals surface area contributed by atoms with Crippen LogP contribution in [0.1, 0.15) is 25.0 Å². The van der Waals surface area contributed by atoms with Crippen LogP contribution in [-0.2, 0) is 13.0 Å². The van der Waals surface area contributed by atoms with Crippen LogP contribution >= 0.6 is 35.6 Å². The summed E-state index contributed by atoms with van der Waals surface area (Å²) in [7, 11) is 1.75. The van der Waals surface area contributed by atoms with E-state index in [4.69, 9.17) is 21.1 Å². The van der Waals surface area contributed by atoms with Crippen molar-refractivity contribution in [2.75, 3.05) is 26.8 Å². The Labute approximate surface area is 189 Å². The summed E-state index contributed by atoms with van der Waals surface area (Å²) >= 11 is 5.80. The van der Waals surface area contributed by atoms with Gasteiger partial charge in [0.2, 0.25) is 0 Å². The first-order chi connectivity index (χ1) is 13.2. The Kier molecular flexibility index (Phi) is 11.7. The van der Waals surface area contributed by atoms with Gasteiger partial charge >= 0.3 is 0 Å². The van der Waals surface area contributed by atoms with E-state index in [0.717, 1.165) is 36.0 Å². The molecule has 0 unspecified atom stereocenters. The maximum absolute atomic E-state index is 5.80. The Morgan fingerprint density at radius 2 is 1.75 bits per heavy atom. The lowest BCUT2D eigenvalue weighted by Gasteiger charge is -2.14. The molecule has 2 aromatic rings. The van der Waals surface area contributed by atoms with Gasteiger partial charge < -0.3 is 20.1 Å². The molecular weight excluding hydrogens is 491 g/mol. The largest absolute Gasteiger partial charge is 0.490 e. The molecule has 0 aliphatic heterocycles. The van der Waals surface area contributed by atoms with Crippen molar-refractivity contribution in [3.05, 3.63) is 52.8 Å². The fourth-order valence-corrected chi connectivity index (χ4v) is 2.61. The summed E-state index contributed by atoms with van der Waals surface area (Å²) in [6, 6.07) is 9.77. The number of guanidine groups is 1. The molecule has 1 heterocycles. The summed E-state index contributed by atoms with van der Waals surface area (Å²) in [6.07, 6.45) is 2.59. The lowest BCUT2D eigenvalue weighted by Crippen LogP contribution is -2.37. The molecule has 2 N–H and O–H groups in total. The molecule has 6 nitrogen and oxygen atoms in total. The number of hydrogen-bond acceptors (Lipinski definition) is 4. The van der Waals surface area contributed by atoms with Crippen molar-refractivity contribution in [3.63, 3.8) is 0 Å². The number of nitrogens with zero attached hydrogens (tertiary/aromatic N) is 2. The zero-order valence-electron chi connectivity index (χ0n) is 16.5. The summed E-state index contributed by atoms with van der Waals surface area (Å²) in [5.74, 6) is 2.31. The van der Waals surface area contributed by atoms with Crippen LogP contribution in [0.4, 0.5) is 0 Å². The molecule has 0 radical (unpaired) electrons. The Hall–Kier alpha value is -1.74. The van der Waals surface area contributed by atoms with Crippen molar-refractivity contribution in [2.45, 2.75) is 26.8 Å². The summed E-state index contributed by atoms with van der Waals surface area (Å²) < 4.78 is 11.3. The van der Waals surface area contributed by atoms with E-state index in [1.165, 1.54) is 5.56 Å². The average molecular weight is 519 g/mol. The second-order valence-electron chi connectivity index (χ2n) is 5.74. The molecule has 1 aromatic heterocycles. The minimum absolute atomic E-state index is 0. The monoisotopic (exact) mass is 518 g/mol. The number of pyridine rings is 1. The molecule has 0 saturated heterocycles. The van der Waals surface area contributed by atoms with Crippen molar-refractivity contribution in [3.8, 4) is 11.5 Å². The minimum atomic E-state index is 0. The number of aliphatic imine (C=N–C) groups is 1. The Bertz CT molecular complexity index is 741. The Balaban J connectivity index is 0.00000392. The van der Waals surface area contributed by atoms with E-state index in [2.05, 4.69) is 26.7 Å². The first-order valence-corrected chi connectivity index (χ1v) is 9.47. The van der Waals surface area contributed by atoms with Crippen LogP contribution in [0.15, 0.2) is 41.5 Å². The highest BCUT2D eigenvalue weighted by atomic mass is 127. The van der Waals surface area contributed by atoms with Gasteiger partial charge in [0, 0.05) is 26.3 Å². The van der Waals surface area contributed by atoms with Crippen LogP contribution in [-0.4, -0.2) is 37.7 Å². The van der Waals surface area contributed by atoms with E-state index < -0.39 is 0 Å². The molecule has 154 valence electrons. The molecule has 1 aromatic carbocycles. The molecule has 0 aliphatic carbocycles. The minimum Gasteiger partial charge on any atom is -0.490 e. The molecule has 0 bridgehead atoms. The van der Waals surface area contributed by atoms with E-state index in [1.807, 2.05) is 32.0 Å². The van der Waals surface area contributed by atoms with Crippen LogP contribution in [0.25, 0.3) is 0 Å². The smallest absolute Gasteiger partial charge is 0.191 e. The number of rotatable bonds is 9. The zero-order chi connectivity index (χ0) is 19.5. The van der Waals surface area contributed by atoms with Crippen molar-refractivity contribution < 1.29 is 9.47 Å². The SMILES string of the molecule is CCOc1ccc(CCNC(=NC)NCc2ccc(Cl)nc2)cc1OCC.I. The summed E-state index contributed by atoms with van der Waals surface area (Å²) in [5.41, 5.74) is 2.21. The standard InChI is InChI=1S/C20H27ClN4O2.HI/c1-4-26-17-8-6-15(12-18(17)27-5-2)10-11-23-20(22-3)25-14-16-7-9-19(21)24-13-16;/h6-9,12-13H,4-5,10-11,14H2,1-3H3,(H2,22,23,25);1H. The predicted octanol–water partition coefficient (Wildman–Crippen LogP) is 4.06. The van der Waals surface area contributed by atoms with Gasteiger partial charge in [0.1, 0.15) is 5.15 Å². The average Bonchev–Trinajstić information content (AvgIpc) is 2.68. The van der Waals surface area contributed by atoms with E-state index in [0.29, 0.717) is 24.9 Å². The van der Waals surface area contributed by atoms with Gasteiger partial charge in [-0.2, -0.15) is 0 Å². The highest BCUT2D eigenvalue weighted by Crippen LogP contribution is 2.28. The Morgan fingerprint density at radius 3 is 2.39 bits per heavy atom. The number of aromatic nitrogens is 1. The third-order valence-corrected chi connectivity index (χ3v) is 4.01. The van der Waals surface area contributed by atoms with Gasteiger partial charge in [-0.1, -0.05) is 23.7 Å². The fourth-order valence-electron chi connectivity index (χ4n) is 2.49. The van der Waals surface area contributed by atoms with Crippen LogP contribution in [0.2, 0.25) is 5.15 Å². The molecular formula is C20H28ClIN4O2. The van der Waals surface area contributed by atoms with Crippen molar-refractivity contribution in [2.24, 2.45) is 4.99 Å². The van der Waals surface area contributed by atoms with Crippen LogP contribution < -0.4 is 20.1 Å². The number of halogens is 2. The highest BCUT2D eigenvalue weighted by Gasteiger charge is 2.06. The summed E-state index contributed by atoms with van der Waals surface area (Å²) in [6.45, 7) is 6.53. The lowest BCUT2D eigenvalue weighted by atomic mass is 10.1. The summed E-state index contributed by atoms with van der Waals surface area (Å²) in [4.78, 5) is 8.31. The van der Waals surface area contributed by atoms with Crippen LogP contribution in [0, 0.1) is 0 Å². The third kappa shape index (κ3) is 8.10. The van der Waals surface area contributed by atoms with Crippen molar-refractivity contribution in [1.29, 1.82) is 0 Å². The molecule has 0 saturated carbocycles. The van der Waals surface area contributed by atoms with Crippen LogP contribution in [0.5, 0.6) is 11.5 Å². The molecule has 0 fully saturated rings.